The molecule has 0 saturated heterocycles. The molecule has 0 heterocycles. The fraction of sp³-hybridized carbons (Fsp3) is 1.00. The van der Waals surface area contributed by atoms with E-state index in [4.69, 9.17) is 0 Å². The minimum absolute atomic E-state index is 0.0790. The Morgan fingerprint density at radius 3 is 1.02 bits per heavy atom. The zero-order valence-electron chi connectivity index (χ0n) is 22.3. The first-order valence-corrected chi connectivity index (χ1v) is 14.3. The Balaban J connectivity index is 5.29. The standard InChI is InChI=1S/C24H32F17I/c1-2-3-4-5-6-7-8-9-10-11-12-13-14-16(42)15-17(25,26)18(27,28)19(29,30)20(31,32)21(33,34)22(35,36)23(37,38)24(39,40)41/h16H,2-15H2,1H3. The molecule has 0 saturated carbocycles. The molecule has 0 amide bonds. The molecule has 0 aromatic rings. The van der Waals surface area contributed by atoms with Crippen LogP contribution in [0.15, 0.2) is 0 Å². The fourth-order valence-electron chi connectivity index (χ4n) is 3.91. The Labute approximate surface area is 245 Å². The van der Waals surface area contributed by atoms with Crippen molar-refractivity contribution in [1.82, 2.24) is 0 Å². The van der Waals surface area contributed by atoms with Crippen LogP contribution in [0.4, 0.5) is 74.6 Å². The normalized spacial score (nSPS) is 15.8. The highest BCUT2D eigenvalue weighted by molar-refractivity contribution is 14.1. The Morgan fingerprint density at radius 1 is 0.405 bits per heavy atom. The molecule has 0 radical (unpaired) electrons. The molecule has 42 heavy (non-hydrogen) atoms. The van der Waals surface area contributed by atoms with Gasteiger partial charge in [0.05, 0.1) is 0 Å². The van der Waals surface area contributed by atoms with Crippen molar-refractivity contribution in [2.75, 3.05) is 0 Å². The number of halogens is 18. The average molecular weight is 770 g/mol. The largest absolute Gasteiger partial charge is 0.460 e. The van der Waals surface area contributed by atoms with Crippen LogP contribution in [0.3, 0.4) is 0 Å². The van der Waals surface area contributed by atoms with E-state index in [0.29, 0.717) is 12.8 Å². The molecule has 254 valence electrons. The van der Waals surface area contributed by atoms with Crippen LogP contribution in [0.5, 0.6) is 0 Å². The van der Waals surface area contributed by atoms with Crippen molar-refractivity contribution < 1.29 is 74.6 Å². The van der Waals surface area contributed by atoms with E-state index in [1.54, 1.807) is 0 Å². The molecule has 0 bridgehead atoms. The fourth-order valence-corrected chi connectivity index (χ4v) is 4.91. The second kappa shape index (κ2) is 15.2. The minimum atomic E-state index is -8.58. The lowest BCUT2D eigenvalue weighted by molar-refractivity contribution is -0.461. The maximum absolute atomic E-state index is 14.1. The Morgan fingerprint density at radius 2 is 0.690 bits per heavy atom. The van der Waals surface area contributed by atoms with E-state index < -0.39 is 58.0 Å². The molecule has 0 spiro atoms. The molecule has 0 N–H and O–H groups in total. The van der Waals surface area contributed by atoms with Crippen molar-refractivity contribution in [2.24, 2.45) is 0 Å². The van der Waals surface area contributed by atoms with E-state index in [2.05, 4.69) is 6.92 Å². The molecular formula is C24H32F17I. The summed E-state index contributed by atoms with van der Waals surface area (Å²) in [6.45, 7) is 2.08. The van der Waals surface area contributed by atoms with E-state index >= 15 is 0 Å². The summed E-state index contributed by atoms with van der Waals surface area (Å²) >= 11 is 1.06. The summed E-state index contributed by atoms with van der Waals surface area (Å²) in [5.74, 6) is -55.8. The van der Waals surface area contributed by atoms with Gasteiger partial charge in [-0.1, -0.05) is 107 Å². The van der Waals surface area contributed by atoms with Gasteiger partial charge in [0.25, 0.3) is 0 Å². The molecule has 0 aliphatic carbocycles. The van der Waals surface area contributed by atoms with Crippen molar-refractivity contribution in [2.45, 2.75) is 148 Å². The maximum Gasteiger partial charge on any atom is 0.460 e. The van der Waals surface area contributed by atoms with E-state index in [1.807, 2.05) is 0 Å². The van der Waals surface area contributed by atoms with Gasteiger partial charge in [0, 0.05) is 10.3 Å². The van der Waals surface area contributed by atoms with Crippen LogP contribution in [0.2, 0.25) is 0 Å². The quantitative estimate of drug-likeness (QED) is 0.0472. The van der Waals surface area contributed by atoms with Crippen molar-refractivity contribution in [3.63, 3.8) is 0 Å². The predicted octanol–water partition coefficient (Wildman–Crippen LogP) is 12.3. The molecule has 0 fully saturated rings. The molecule has 1 unspecified atom stereocenters. The van der Waals surface area contributed by atoms with E-state index in [0.717, 1.165) is 80.4 Å². The van der Waals surface area contributed by atoms with E-state index in [9.17, 15) is 74.6 Å². The Bertz CT molecular complexity index is 792. The molecule has 0 aliphatic heterocycles. The van der Waals surface area contributed by atoms with Crippen LogP contribution in [0, 0.1) is 0 Å². The summed E-state index contributed by atoms with van der Waals surface area (Å²) in [6.07, 6.45) is -0.293. The van der Waals surface area contributed by atoms with Crippen molar-refractivity contribution >= 4 is 22.6 Å². The van der Waals surface area contributed by atoms with Gasteiger partial charge in [0.1, 0.15) is 0 Å². The van der Waals surface area contributed by atoms with Gasteiger partial charge in [-0.2, -0.15) is 74.6 Å². The van der Waals surface area contributed by atoms with Crippen LogP contribution in [0.1, 0.15) is 96.8 Å². The van der Waals surface area contributed by atoms with Crippen LogP contribution >= 0.6 is 22.6 Å². The lowest BCUT2D eigenvalue weighted by atomic mass is 9.87. The Kier molecular flexibility index (Phi) is 15.0. The molecule has 0 nitrogen and oxygen atoms in total. The molecule has 0 aromatic heterocycles. The monoisotopic (exact) mass is 770 g/mol. The smallest absolute Gasteiger partial charge is 0.200 e. The van der Waals surface area contributed by atoms with Gasteiger partial charge in [-0.05, 0) is 6.42 Å². The van der Waals surface area contributed by atoms with Gasteiger partial charge in [-0.3, -0.25) is 0 Å². The zero-order chi connectivity index (χ0) is 33.5. The first kappa shape index (κ1) is 41.5. The number of alkyl halides is 18. The van der Waals surface area contributed by atoms with Crippen molar-refractivity contribution in [1.29, 1.82) is 0 Å². The summed E-state index contributed by atoms with van der Waals surface area (Å²) < 4.78 is 225. The predicted molar refractivity (Wildman–Crippen MR) is 129 cm³/mol. The van der Waals surface area contributed by atoms with Gasteiger partial charge in [0.2, 0.25) is 0 Å². The summed E-state index contributed by atoms with van der Waals surface area (Å²) in [5, 5.41) is 0. The summed E-state index contributed by atoms with van der Waals surface area (Å²) in [5.41, 5.74) is 0. The third-order valence-corrected chi connectivity index (χ3v) is 7.70. The molecule has 1 atom stereocenters. The van der Waals surface area contributed by atoms with Gasteiger partial charge in [0.15, 0.2) is 0 Å². The molecular weight excluding hydrogens is 738 g/mol. The highest BCUT2D eigenvalue weighted by Crippen LogP contribution is 2.64. The zero-order valence-corrected chi connectivity index (χ0v) is 24.4. The first-order chi connectivity index (χ1) is 18.7. The molecule has 18 heteroatoms. The maximum atomic E-state index is 14.1. The molecule has 0 aliphatic rings. The lowest BCUT2D eigenvalue weighted by Gasteiger charge is -2.43. The van der Waals surface area contributed by atoms with Crippen LogP contribution in [-0.2, 0) is 0 Å². The third kappa shape index (κ3) is 8.83. The number of hydrogen-bond donors (Lipinski definition) is 0. The topological polar surface area (TPSA) is 0 Å². The summed E-state index contributed by atoms with van der Waals surface area (Å²) in [6, 6.07) is 0. The minimum Gasteiger partial charge on any atom is -0.200 e. The van der Waals surface area contributed by atoms with Crippen LogP contribution < -0.4 is 0 Å². The number of rotatable bonds is 21. The summed E-state index contributed by atoms with van der Waals surface area (Å²) in [7, 11) is 0. The first-order valence-electron chi connectivity index (χ1n) is 13.1. The van der Waals surface area contributed by atoms with Gasteiger partial charge in [-0.25, -0.2) is 0 Å². The van der Waals surface area contributed by atoms with Crippen LogP contribution in [-0.4, -0.2) is 51.6 Å². The van der Waals surface area contributed by atoms with E-state index in [1.165, 1.54) is 0 Å². The molecule has 0 aromatic carbocycles. The van der Waals surface area contributed by atoms with Gasteiger partial charge < -0.3 is 0 Å². The SMILES string of the molecule is CCCCCCCCCCCCCCC(I)CC(F)(F)C(F)(F)C(F)(F)C(F)(F)C(F)(F)C(F)(F)C(F)(F)C(F)(F)F. The second-order valence-corrected chi connectivity index (χ2v) is 11.9. The lowest BCUT2D eigenvalue weighted by Crippen LogP contribution is -2.74. The average Bonchev–Trinajstić information content (AvgIpc) is 2.82. The number of unbranched alkanes of at least 4 members (excludes halogenated alkanes) is 11. The Hall–Kier alpha value is -0.460. The number of hydrogen-bond acceptors (Lipinski definition) is 0. The van der Waals surface area contributed by atoms with Gasteiger partial charge in [-0.15, -0.1) is 0 Å². The second-order valence-electron chi connectivity index (χ2n) is 10.1. The van der Waals surface area contributed by atoms with E-state index in [-0.39, 0.29) is 12.8 Å². The van der Waals surface area contributed by atoms with Gasteiger partial charge >= 0.3 is 47.6 Å². The van der Waals surface area contributed by atoms with Crippen molar-refractivity contribution in [3.05, 3.63) is 0 Å². The highest BCUT2D eigenvalue weighted by Gasteiger charge is 2.95. The van der Waals surface area contributed by atoms with Crippen molar-refractivity contribution in [3.8, 4) is 0 Å². The highest BCUT2D eigenvalue weighted by atomic mass is 127. The summed E-state index contributed by atoms with van der Waals surface area (Å²) in [4.78, 5) is 0. The third-order valence-electron chi connectivity index (χ3n) is 6.64. The molecule has 0 rings (SSSR count). The van der Waals surface area contributed by atoms with Crippen LogP contribution in [0.25, 0.3) is 0 Å².